The smallest absolute Gasteiger partial charge is 1.00 e. The van der Waals surface area contributed by atoms with Crippen LogP contribution in [0.2, 0.25) is 0 Å². The van der Waals surface area contributed by atoms with Gasteiger partial charge in [-0.25, -0.2) is 0 Å². The molecule has 1 aromatic rings. The molecule has 1 aromatic heterocycles. The Kier molecular flexibility index (Phi) is 6.60. The van der Waals surface area contributed by atoms with Gasteiger partial charge in [0.1, 0.15) is 6.20 Å². The van der Waals surface area contributed by atoms with E-state index in [0.717, 1.165) is 0 Å². The summed E-state index contributed by atoms with van der Waals surface area (Å²) in [5.41, 5.74) is 0. The van der Waals surface area contributed by atoms with Crippen LogP contribution in [-0.4, -0.2) is 15.0 Å². The standard InChI is InChI=1S/C5H4N2O3.ClH.Fe/c8-4-2-1-3-6-5(4)7(9)10;;/h1-3,8H;1H;/q;;+3/p-1. The summed E-state index contributed by atoms with van der Waals surface area (Å²) >= 11 is 0. The Balaban J connectivity index is 0. The fraction of sp³-hybridized carbons (Fsp3) is 0. The Labute approximate surface area is 84.8 Å². The summed E-state index contributed by atoms with van der Waals surface area (Å²) in [7, 11) is 0. The predicted octanol–water partition coefficient (Wildman–Crippen LogP) is -2.30. The number of aromatic nitrogens is 1. The van der Waals surface area contributed by atoms with Gasteiger partial charge in [-0.2, -0.15) is 0 Å². The van der Waals surface area contributed by atoms with Crippen molar-refractivity contribution >= 4 is 5.82 Å². The molecule has 1 heterocycles. The second kappa shape index (κ2) is 5.76. The molecule has 0 saturated heterocycles. The van der Waals surface area contributed by atoms with Gasteiger partial charge in [0.15, 0.2) is 0 Å². The van der Waals surface area contributed by atoms with E-state index in [1.165, 1.54) is 18.3 Å². The van der Waals surface area contributed by atoms with Crippen LogP contribution >= 0.6 is 0 Å². The molecule has 0 amide bonds. The zero-order valence-electron chi connectivity index (χ0n) is 5.62. The number of nitro groups is 1. The molecule has 0 aliphatic rings. The molecule has 1 rings (SSSR count). The maximum Gasteiger partial charge on any atom is 3.00 e. The number of rotatable bonds is 1. The summed E-state index contributed by atoms with van der Waals surface area (Å²) in [6, 6.07) is 2.63. The fourth-order valence-corrected chi connectivity index (χ4v) is 0.529. The van der Waals surface area contributed by atoms with Gasteiger partial charge in [0.2, 0.25) is 5.75 Å². The average molecular weight is 231 g/mol. The van der Waals surface area contributed by atoms with E-state index in [4.69, 9.17) is 5.11 Å². The number of hydrogen-bond donors (Lipinski definition) is 1. The van der Waals surface area contributed by atoms with E-state index in [1.54, 1.807) is 0 Å². The Morgan fingerprint density at radius 3 is 2.50 bits per heavy atom. The summed E-state index contributed by atoms with van der Waals surface area (Å²) in [6.07, 6.45) is 1.25. The SMILES string of the molecule is O=[N+]([O-])c1ncccc1O.[Cl-].[Fe+3]. The minimum atomic E-state index is -0.741. The molecule has 0 fully saturated rings. The first-order chi connectivity index (χ1) is 4.72. The zero-order chi connectivity index (χ0) is 7.56. The summed E-state index contributed by atoms with van der Waals surface area (Å²) in [4.78, 5) is 12.6. The van der Waals surface area contributed by atoms with Gasteiger partial charge >= 0.3 is 22.9 Å². The maximum absolute atomic E-state index is 10.0. The number of aromatic hydroxyl groups is 1. The quantitative estimate of drug-likeness (QED) is 0.335. The first kappa shape index (κ1) is 13.7. The molecule has 5 nitrogen and oxygen atoms in total. The minimum Gasteiger partial charge on any atom is -1.00 e. The maximum atomic E-state index is 10.0. The fourth-order valence-electron chi connectivity index (χ4n) is 0.529. The molecule has 7 heteroatoms. The van der Waals surface area contributed by atoms with Crippen molar-refractivity contribution in [1.82, 2.24) is 4.98 Å². The van der Waals surface area contributed by atoms with Crippen LogP contribution in [0.25, 0.3) is 0 Å². The predicted molar refractivity (Wildman–Crippen MR) is 32.6 cm³/mol. The summed E-state index contributed by atoms with van der Waals surface area (Å²) in [5, 5.41) is 18.8. The largest absolute Gasteiger partial charge is 3.00 e. The van der Waals surface area contributed by atoms with Crippen molar-refractivity contribution in [2.75, 3.05) is 0 Å². The number of nitrogens with zero attached hydrogens (tertiary/aromatic N) is 2. The molecule has 0 aromatic carbocycles. The van der Waals surface area contributed by atoms with Gasteiger partial charge in [-0.1, -0.05) is 0 Å². The zero-order valence-corrected chi connectivity index (χ0v) is 7.48. The molecular formula is C5H4ClFeN2O3+2. The van der Waals surface area contributed by atoms with Gasteiger partial charge in [-0.3, -0.25) is 0 Å². The van der Waals surface area contributed by atoms with Gasteiger partial charge < -0.3 is 27.6 Å². The van der Waals surface area contributed by atoms with Crippen molar-refractivity contribution in [1.29, 1.82) is 0 Å². The molecule has 0 aliphatic heterocycles. The van der Waals surface area contributed by atoms with E-state index in [0.29, 0.717) is 0 Å². The van der Waals surface area contributed by atoms with E-state index in [9.17, 15) is 10.1 Å². The second-order valence-electron chi connectivity index (χ2n) is 1.60. The molecule has 1 radical (unpaired) electrons. The molecule has 0 spiro atoms. The first-order valence-electron chi connectivity index (χ1n) is 2.50. The van der Waals surface area contributed by atoms with E-state index >= 15 is 0 Å². The van der Waals surface area contributed by atoms with E-state index in [1.807, 2.05) is 0 Å². The van der Waals surface area contributed by atoms with Crippen LogP contribution in [0.15, 0.2) is 18.3 Å². The van der Waals surface area contributed by atoms with Crippen molar-refractivity contribution in [2.24, 2.45) is 0 Å². The van der Waals surface area contributed by atoms with Crippen LogP contribution in [-0.2, 0) is 17.1 Å². The van der Waals surface area contributed by atoms with Crippen molar-refractivity contribution in [3.8, 4) is 5.75 Å². The summed E-state index contributed by atoms with van der Waals surface area (Å²) in [6.45, 7) is 0. The summed E-state index contributed by atoms with van der Waals surface area (Å²) < 4.78 is 0. The third kappa shape index (κ3) is 3.04. The average Bonchev–Trinajstić information content (AvgIpc) is 1.88. The van der Waals surface area contributed by atoms with Crippen LogP contribution in [0.4, 0.5) is 5.82 Å². The normalized spacial score (nSPS) is 7.67. The molecule has 0 atom stereocenters. The van der Waals surface area contributed by atoms with E-state index in [2.05, 4.69) is 4.98 Å². The number of halogens is 1. The third-order valence-corrected chi connectivity index (χ3v) is 0.939. The van der Waals surface area contributed by atoms with Crippen molar-refractivity contribution in [2.45, 2.75) is 0 Å². The Morgan fingerprint density at radius 2 is 2.17 bits per heavy atom. The molecule has 65 valence electrons. The second-order valence-corrected chi connectivity index (χ2v) is 1.60. The molecule has 0 bridgehead atoms. The molecule has 0 saturated carbocycles. The van der Waals surface area contributed by atoms with Crippen LogP contribution < -0.4 is 12.4 Å². The van der Waals surface area contributed by atoms with Gasteiger partial charge in [-0.05, 0) is 22.0 Å². The monoisotopic (exact) mass is 231 g/mol. The van der Waals surface area contributed by atoms with Gasteiger partial charge in [0.05, 0.1) is 0 Å². The van der Waals surface area contributed by atoms with Gasteiger partial charge in [-0.15, -0.1) is 0 Å². The van der Waals surface area contributed by atoms with Crippen LogP contribution in [0.3, 0.4) is 0 Å². The Bertz CT molecular complexity index is 271. The Hall–Kier alpha value is -0.841. The molecule has 12 heavy (non-hydrogen) atoms. The first-order valence-corrected chi connectivity index (χ1v) is 2.50. The van der Waals surface area contributed by atoms with Crippen LogP contribution in [0, 0.1) is 10.1 Å². The van der Waals surface area contributed by atoms with Gasteiger partial charge in [0, 0.05) is 0 Å². The van der Waals surface area contributed by atoms with Crippen LogP contribution in [0.1, 0.15) is 0 Å². The number of hydrogen-bond acceptors (Lipinski definition) is 4. The van der Waals surface area contributed by atoms with E-state index in [-0.39, 0.29) is 29.5 Å². The topological polar surface area (TPSA) is 76.3 Å². The summed E-state index contributed by atoms with van der Waals surface area (Å²) in [5.74, 6) is -0.921. The van der Waals surface area contributed by atoms with Crippen LogP contribution in [0.5, 0.6) is 5.75 Å². The Morgan fingerprint density at radius 1 is 1.58 bits per heavy atom. The number of pyridine rings is 1. The van der Waals surface area contributed by atoms with Crippen molar-refractivity contribution in [3.05, 3.63) is 28.4 Å². The molecule has 1 N–H and O–H groups in total. The van der Waals surface area contributed by atoms with Crippen molar-refractivity contribution in [3.63, 3.8) is 0 Å². The minimum absolute atomic E-state index is 0. The molecule has 0 aliphatic carbocycles. The molecular weight excluding hydrogens is 227 g/mol. The van der Waals surface area contributed by atoms with E-state index < -0.39 is 16.5 Å². The third-order valence-electron chi connectivity index (χ3n) is 0.939. The van der Waals surface area contributed by atoms with Gasteiger partial charge in [0.25, 0.3) is 0 Å². The molecule has 0 unspecified atom stereocenters. The van der Waals surface area contributed by atoms with Crippen molar-refractivity contribution < 1.29 is 39.5 Å².